The Labute approximate surface area is 231 Å². The topological polar surface area (TPSA) is 55.8 Å². The van der Waals surface area contributed by atoms with Crippen LogP contribution in [0.2, 0.25) is 0 Å². The van der Waals surface area contributed by atoms with Crippen molar-refractivity contribution < 1.29 is 19.4 Å². The summed E-state index contributed by atoms with van der Waals surface area (Å²) in [4.78, 5) is 12.0. The van der Waals surface area contributed by atoms with E-state index in [1.165, 1.54) is 53.5 Å². The monoisotopic (exact) mass is 522 g/mol. The number of unbranched alkanes of at least 4 members (excludes halogenated alkanes) is 3. The van der Waals surface area contributed by atoms with E-state index in [1.54, 1.807) is 0 Å². The summed E-state index contributed by atoms with van der Waals surface area (Å²) in [6, 6.07) is 6.08. The maximum absolute atomic E-state index is 12.0. The number of carbonyl (C=O) groups is 1. The molecule has 1 aliphatic heterocycles. The molecular weight excluding hydrogens is 472 g/mol. The molecule has 210 valence electrons. The number of hydrogen-bond donors (Lipinski definition) is 1. The SMILES string of the molecule is CC(C)=CCCC(C)=CCCC(C)=CCO.CCCCCCC1=CC(=O)CC(c2ccc3c(c2)OCO3)C1. The van der Waals surface area contributed by atoms with Crippen LogP contribution in [0.1, 0.15) is 117 Å². The summed E-state index contributed by atoms with van der Waals surface area (Å²) in [5.74, 6) is 2.16. The van der Waals surface area contributed by atoms with Crippen LogP contribution in [0.15, 0.2) is 64.8 Å². The molecule has 0 bridgehead atoms. The van der Waals surface area contributed by atoms with Gasteiger partial charge in [0.05, 0.1) is 6.61 Å². The van der Waals surface area contributed by atoms with Gasteiger partial charge in [-0.05, 0) is 102 Å². The van der Waals surface area contributed by atoms with E-state index >= 15 is 0 Å². The molecule has 1 aliphatic carbocycles. The Hall–Kier alpha value is -2.59. The summed E-state index contributed by atoms with van der Waals surface area (Å²) in [5, 5.41) is 8.72. The van der Waals surface area contributed by atoms with Crippen molar-refractivity contribution >= 4 is 5.78 Å². The summed E-state index contributed by atoms with van der Waals surface area (Å²) >= 11 is 0. The molecule has 0 fully saturated rings. The molecule has 1 aromatic carbocycles. The molecule has 0 amide bonds. The smallest absolute Gasteiger partial charge is 0.231 e. The molecule has 1 N–H and O–H groups in total. The molecule has 1 unspecified atom stereocenters. The normalized spacial score (nSPS) is 17.1. The predicted molar refractivity (Wildman–Crippen MR) is 159 cm³/mol. The number of carbonyl (C=O) groups excluding carboxylic acids is 1. The van der Waals surface area contributed by atoms with Crippen molar-refractivity contribution in [3.8, 4) is 11.5 Å². The lowest BCUT2D eigenvalue weighted by molar-refractivity contribution is -0.115. The number of rotatable bonds is 13. The Morgan fingerprint density at radius 2 is 1.63 bits per heavy atom. The van der Waals surface area contributed by atoms with Gasteiger partial charge in [0.15, 0.2) is 17.3 Å². The van der Waals surface area contributed by atoms with E-state index in [9.17, 15) is 4.79 Å². The lowest BCUT2D eigenvalue weighted by Crippen LogP contribution is -2.13. The molecule has 1 aromatic rings. The fourth-order valence-corrected chi connectivity index (χ4v) is 4.83. The zero-order chi connectivity index (χ0) is 27.8. The van der Waals surface area contributed by atoms with Crippen molar-refractivity contribution in [2.24, 2.45) is 0 Å². The van der Waals surface area contributed by atoms with E-state index < -0.39 is 0 Å². The molecule has 0 spiro atoms. The van der Waals surface area contributed by atoms with Gasteiger partial charge in [-0.15, -0.1) is 0 Å². The molecule has 1 atom stereocenters. The highest BCUT2D eigenvalue weighted by molar-refractivity contribution is 5.92. The fourth-order valence-electron chi connectivity index (χ4n) is 4.83. The van der Waals surface area contributed by atoms with Crippen LogP contribution in [-0.4, -0.2) is 24.3 Å². The van der Waals surface area contributed by atoms with Gasteiger partial charge in [-0.1, -0.05) is 72.8 Å². The van der Waals surface area contributed by atoms with E-state index in [0.29, 0.717) is 13.2 Å². The van der Waals surface area contributed by atoms with Gasteiger partial charge in [-0.3, -0.25) is 4.79 Å². The largest absolute Gasteiger partial charge is 0.454 e. The van der Waals surface area contributed by atoms with Gasteiger partial charge < -0.3 is 14.6 Å². The number of aliphatic hydroxyl groups is 1. The van der Waals surface area contributed by atoms with Crippen molar-refractivity contribution in [1.29, 1.82) is 0 Å². The first-order valence-corrected chi connectivity index (χ1v) is 14.5. The first kappa shape index (κ1) is 31.6. The maximum atomic E-state index is 12.0. The number of ether oxygens (including phenoxy) is 2. The van der Waals surface area contributed by atoms with Crippen LogP contribution >= 0.6 is 0 Å². The summed E-state index contributed by atoms with van der Waals surface area (Å²) < 4.78 is 10.8. The Bertz CT molecular complexity index is 992. The van der Waals surface area contributed by atoms with E-state index in [1.807, 2.05) is 24.3 Å². The van der Waals surface area contributed by atoms with E-state index in [4.69, 9.17) is 14.6 Å². The number of benzene rings is 1. The van der Waals surface area contributed by atoms with E-state index in [2.05, 4.69) is 52.8 Å². The molecule has 0 radical (unpaired) electrons. The molecule has 1 heterocycles. The first-order valence-electron chi connectivity index (χ1n) is 14.5. The number of aliphatic hydroxyl groups excluding tert-OH is 1. The molecular formula is C34H50O4. The molecule has 2 aliphatic rings. The van der Waals surface area contributed by atoms with Crippen molar-refractivity contribution in [2.45, 2.75) is 111 Å². The molecule has 4 heteroatoms. The second kappa shape index (κ2) is 17.8. The van der Waals surface area contributed by atoms with Gasteiger partial charge in [0, 0.05) is 6.42 Å². The van der Waals surface area contributed by atoms with Crippen LogP contribution in [0.3, 0.4) is 0 Å². The summed E-state index contributed by atoms with van der Waals surface area (Å²) in [7, 11) is 0. The maximum Gasteiger partial charge on any atom is 0.231 e. The van der Waals surface area contributed by atoms with Gasteiger partial charge in [0.25, 0.3) is 0 Å². The van der Waals surface area contributed by atoms with Crippen LogP contribution in [-0.2, 0) is 4.79 Å². The molecule has 0 aromatic heterocycles. The quantitative estimate of drug-likeness (QED) is 0.207. The summed E-state index contributed by atoms with van der Waals surface area (Å²) in [6.07, 6.45) is 20.5. The lowest BCUT2D eigenvalue weighted by Gasteiger charge is -2.22. The number of ketones is 1. The molecule has 4 nitrogen and oxygen atoms in total. The van der Waals surface area contributed by atoms with Gasteiger partial charge >= 0.3 is 0 Å². The molecule has 3 rings (SSSR count). The van der Waals surface area contributed by atoms with Gasteiger partial charge in [0.2, 0.25) is 6.79 Å². The van der Waals surface area contributed by atoms with Crippen molar-refractivity contribution in [3.05, 3.63) is 70.4 Å². The fraction of sp³-hybridized carbons (Fsp3) is 0.559. The third-order valence-corrected chi connectivity index (χ3v) is 7.10. The van der Waals surface area contributed by atoms with Gasteiger partial charge in [-0.2, -0.15) is 0 Å². The van der Waals surface area contributed by atoms with Crippen molar-refractivity contribution in [1.82, 2.24) is 0 Å². The average molecular weight is 523 g/mol. The van der Waals surface area contributed by atoms with E-state index in [-0.39, 0.29) is 18.3 Å². The molecule has 0 saturated heterocycles. The van der Waals surface area contributed by atoms with Gasteiger partial charge in [0.1, 0.15) is 0 Å². The highest BCUT2D eigenvalue weighted by Gasteiger charge is 2.24. The van der Waals surface area contributed by atoms with Crippen LogP contribution in [0, 0.1) is 0 Å². The lowest BCUT2D eigenvalue weighted by atomic mass is 9.81. The standard InChI is InChI=1S/C19H24O3.C15H26O/c1-2-3-4-5-6-14-9-16(11-17(20)10-14)15-7-8-18-19(12-15)22-13-21-18;1-13(2)7-5-8-14(3)9-6-10-15(4)11-12-16/h7-8,10,12,16H,2-6,9,11,13H2,1H3;7,9,11,16H,5-6,8,10,12H2,1-4H3. The zero-order valence-electron chi connectivity index (χ0n) is 24.5. The third-order valence-electron chi connectivity index (χ3n) is 7.10. The summed E-state index contributed by atoms with van der Waals surface area (Å²) in [6.45, 7) is 11.2. The van der Waals surface area contributed by atoms with Crippen LogP contribution < -0.4 is 9.47 Å². The Morgan fingerprint density at radius 3 is 2.34 bits per heavy atom. The average Bonchev–Trinajstić information content (AvgIpc) is 3.35. The van der Waals surface area contributed by atoms with Crippen LogP contribution in [0.5, 0.6) is 11.5 Å². The first-order chi connectivity index (χ1) is 18.3. The minimum Gasteiger partial charge on any atom is -0.454 e. The minimum absolute atomic E-state index is 0.162. The second-order valence-electron chi connectivity index (χ2n) is 10.9. The molecule has 0 saturated carbocycles. The van der Waals surface area contributed by atoms with Crippen molar-refractivity contribution in [3.63, 3.8) is 0 Å². The number of allylic oxidation sites excluding steroid dienone is 7. The zero-order valence-corrected chi connectivity index (χ0v) is 24.5. The Morgan fingerprint density at radius 1 is 0.921 bits per heavy atom. The predicted octanol–water partition coefficient (Wildman–Crippen LogP) is 9.16. The Kier molecular flexibility index (Phi) is 14.8. The summed E-state index contributed by atoms with van der Waals surface area (Å²) in [5.41, 5.74) is 6.64. The number of fused-ring (bicyclic) bond motifs is 1. The second-order valence-corrected chi connectivity index (χ2v) is 10.9. The van der Waals surface area contributed by atoms with Crippen LogP contribution in [0.4, 0.5) is 0 Å². The number of hydrogen-bond acceptors (Lipinski definition) is 4. The van der Waals surface area contributed by atoms with Crippen LogP contribution in [0.25, 0.3) is 0 Å². The van der Waals surface area contributed by atoms with Gasteiger partial charge in [-0.25, -0.2) is 0 Å². The highest BCUT2D eigenvalue weighted by Crippen LogP contribution is 2.39. The van der Waals surface area contributed by atoms with E-state index in [0.717, 1.165) is 50.0 Å². The van der Waals surface area contributed by atoms with Crippen molar-refractivity contribution in [2.75, 3.05) is 13.4 Å². The minimum atomic E-state index is 0.162. The Balaban J connectivity index is 0.000000284. The highest BCUT2D eigenvalue weighted by atomic mass is 16.7. The third kappa shape index (κ3) is 12.3. The molecule has 38 heavy (non-hydrogen) atoms.